The molecule has 0 radical (unpaired) electrons. The van der Waals surface area contributed by atoms with E-state index in [1.807, 2.05) is 0 Å². The van der Waals surface area contributed by atoms with Gasteiger partial charge in [0.1, 0.15) is 6.33 Å². The summed E-state index contributed by atoms with van der Waals surface area (Å²) in [5, 5.41) is 27.1. The van der Waals surface area contributed by atoms with Crippen molar-refractivity contribution in [1.82, 2.24) is 20.3 Å². The molecule has 0 spiro atoms. The number of aliphatic hydroxyl groups excluding tert-OH is 2. The standard InChI is InChI=1S/C18H29N6O5P/c25-12-15(26)11-19-9-3-1-2-4-10-20-17-21-13-22-18(24-17)23-14-5-7-16(8-6-14)30(27,28)29/h5-8,13,15,19,25-26H,1-4,9-12H2,(H2,27,28,29)(H2,20,21,22,23,24). The first-order valence-electron chi connectivity index (χ1n) is 9.74. The third kappa shape index (κ3) is 9.12. The molecule has 0 fully saturated rings. The Labute approximate surface area is 175 Å². The van der Waals surface area contributed by atoms with Gasteiger partial charge in [0.15, 0.2) is 0 Å². The van der Waals surface area contributed by atoms with E-state index in [0.717, 1.165) is 38.8 Å². The van der Waals surface area contributed by atoms with Crippen LogP contribution in [-0.4, -0.2) is 67.3 Å². The Bertz CT molecular complexity index is 804. The summed E-state index contributed by atoms with van der Waals surface area (Å²) in [7, 11) is -4.26. The molecule has 0 saturated heterocycles. The molecule has 1 atom stereocenters. The van der Waals surface area contributed by atoms with Gasteiger partial charge in [-0.2, -0.15) is 4.98 Å². The minimum Gasteiger partial charge on any atom is -0.394 e. The summed E-state index contributed by atoms with van der Waals surface area (Å²) >= 11 is 0. The number of hydrogen-bond acceptors (Lipinski definition) is 9. The van der Waals surface area contributed by atoms with Crippen LogP contribution >= 0.6 is 7.60 Å². The first-order valence-corrected chi connectivity index (χ1v) is 11.4. The van der Waals surface area contributed by atoms with Gasteiger partial charge in [-0.25, -0.2) is 9.97 Å². The molecule has 30 heavy (non-hydrogen) atoms. The Morgan fingerprint density at radius 1 is 0.967 bits per heavy atom. The van der Waals surface area contributed by atoms with Gasteiger partial charge in [0.05, 0.1) is 18.0 Å². The molecule has 7 N–H and O–H groups in total. The summed E-state index contributed by atoms with van der Waals surface area (Å²) in [6.07, 6.45) is 4.73. The predicted octanol–water partition coefficient (Wildman–Crippen LogP) is 0.333. The smallest absolute Gasteiger partial charge is 0.356 e. The van der Waals surface area contributed by atoms with Crippen LogP contribution < -0.4 is 21.3 Å². The van der Waals surface area contributed by atoms with Gasteiger partial charge >= 0.3 is 7.60 Å². The third-order valence-electron chi connectivity index (χ3n) is 4.19. The van der Waals surface area contributed by atoms with Crippen molar-refractivity contribution >= 4 is 30.5 Å². The Morgan fingerprint density at radius 3 is 2.30 bits per heavy atom. The Hall–Kier alpha value is -2.14. The van der Waals surface area contributed by atoms with Crippen LogP contribution in [0.4, 0.5) is 17.6 Å². The monoisotopic (exact) mass is 440 g/mol. The number of nitrogens with zero attached hydrogens (tertiary/aromatic N) is 3. The number of benzene rings is 1. The fourth-order valence-corrected chi connectivity index (χ4v) is 3.11. The van der Waals surface area contributed by atoms with E-state index in [9.17, 15) is 9.67 Å². The van der Waals surface area contributed by atoms with Gasteiger partial charge < -0.3 is 36.0 Å². The zero-order valence-electron chi connectivity index (χ0n) is 16.6. The van der Waals surface area contributed by atoms with Crippen LogP contribution in [0.2, 0.25) is 0 Å². The van der Waals surface area contributed by atoms with Gasteiger partial charge in [0.25, 0.3) is 0 Å². The third-order valence-corrected chi connectivity index (χ3v) is 5.16. The van der Waals surface area contributed by atoms with Gasteiger partial charge in [0.2, 0.25) is 11.9 Å². The van der Waals surface area contributed by atoms with Crippen molar-refractivity contribution in [2.75, 3.05) is 36.9 Å². The fourth-order valence-electron chi connectivity index (χ4n) is 2.57. The summed E-state index contributed by atoms with van der Waals surface area (Å²) in [6, 6.07) is 5.80. The molecule has 1 heterocycles. The van der Waals surface area contributed by atoms with Crippen LogP contribution in [0.1, 0.15) is 25.7 Å². The number of aliphatic hydroxyl groups is 2. The number of nitrogens with one attached hydrogen (secondary N) is 3. The number of rotatable bonds is 14. The second-order valence-electron chi connectivity index (χ2n) is 6.73. The zero-order valence-corrected chi connectivity index (χ0v) is 17.5. The van der Waals surface area contributed by atoms with Crippen molar-refractivity contribution < 1.29 is 24.6 Å². The van der Waals surface area contributed by atoms with Crippen molar-refractivity contribution in [2.24, 2.45) is 0 Å². The van der Waals surface area contributed by atoms with Crippen molar-refractivity contribution in [3.8, 4) is 0 Å². The fraction of sp³-hybridized carbons (Fsp3) is 0.500. The molecule has 0 aliphatic carbocycles. The van der Waals surface area contributed by atoms with E-state index in [2.05, 4.69) is 30.9 Å². The molecule has 0 aliphatic heterocycles. The van der Waals surface area contributed by atoms with E-state index < -0.39 is 13.7 Å². The van der Waals surface area contributed by atoms with Crippen LogP contribution in [0.5, 0.6) is 0 Å². The summed E-state index contributed by atoms with van der Waals surface area (Å²) in [5.74, 6) is 0.770. The molecule has 0 aliphatic rings. The maximum Gasteiger partial charge on any atom is 0.356 e. The lowest BCUT2D eigenvalue weighted by molar-refractivity contribution is 0.0945. The molecule has 166 valence electrons. The van der Waals surface area contributed by atoms with Crippen LogP contribution in [-0.2, 0) is 4.57 Å². The van der Waals surface area contributed by atoms with E-state index in [0.29, 0.717) is 24.1 Å². The van der Waals surface area contributed by atoms with E-state index in [-0.39, 0.29) is 11.9 Å². The lowest BCUT2D eigenvalue weighted by Gasteiger charge is -2.09. The normalized spacial score (nSPS) is 12.5. The highest BCUT2D eigenvalue weighted by Crippen LogP contribution is 2.33. The highest BCUT2D eigenvalue weighted by molar-refractivity contribution is 7.60. The average Bonchev–Trinajstić information content (AvgIpc) is 2.72. The number of anilines is 3. The summed E-state index contributed by atoms with van der Waals surface area (Å²) < 4.78 is 11.2. The van der Waals surface area contributed by atoms with Crippen molar-refractivity contribution in [2.45, 2.75) is 31.8 Å². The highest BCUT2D eigenvalue weighted by atomic mass is 31.2. The van der Waals surface area contributed by atoms with E-state index in [1.165, 1.54) is 18.5 Å². The van der Waals surface area contributed by atoms with Crippen LogP contribution in [0.25, 0.3) is 0 Å². The lowest BCUT2D eigenvalue weighted by atomic mass is 10.2. The highest BCUT2D eigenvalue weighted by Gasteiger charge is 2.16. The second kappa shape index (κ2) is 12.5. The lowest BCUT2D eigenvalue weighted by Crippen LogP contribution is -2.29. The van der Waals surface area contributed by atoms with E-state index in [1.54, 1.807) is 12.1 Å². The summed E-state index contributed by atoms with van der Waals surface area (Å²) in [6.45, 7) is 1.71. The van der Waals surface area contributed by atoms with Gasteiger partial charge in [-0.05, 0) is 43.7 Å². The zero-order chi connectivity index (χ0) is 21.8. The molecule has 1 aromatic heterocycles. The number of aromatic nitrogens is 3. The number of unbranched alkanes of at least 4 members (excludes halogenated alkanes) is 3. The molecule has 1 unspecified atom stereocenters. The maximum absolute atomic E-state index is 11.2. The average molecular weight is 440 g/mol. The first-order chi connectivity index (χ1) is 14.4. The molecule has 2 aromatic rings. The van der Waals surface area contributed by atoms with Crippen LogP contribution in [0.15, 0.2) is 30.6 Å². The Morgan fingerprint density at radius 2 is 1.63 bits per heavy atom. The van der Waals surface area contributed by atoms with Gasteiger partial charge in [-0.3, -0.25) is 4.57 Å². The molecule has 11 nitrogen and oxygen atoms in total. The van der Waals surface area contributed by atoms with Crippen LogP contribution in [0.3, 0.4) is 0 Å². The molecule has 0 amide bonds. The Kier molecular flexibility index (Phi) is 10.1. The largest absolute Gasteiger partial charge is 0.394 e. The van der Waals surface area contributed by atoms with Crippen molar-refractivity contribution in [3.63, 3.8) is 0 Å². The van der Waals surface area contributed by atoms with E-state index in [4.69, 9.17) is 14.9 Å². The van der Waals surface area contributed by atoms with Gasteiger partial charge in [-0.1, -0.05) is 12.8 Å². The molecule has 12 heteroatoms. The molecular weight excluding hydrogens is 411 g/mol. The molecule has 2 rings (SSSR count). The number of hydrogen-bond donors (Lipinski definition) is 7. The van der Waals surface area contributed by atoms with Crippen LogP contribution in [0, 0.1) is 0 Å². The van der Waals surface area contributed by atoms with Gasteiger partial charge in [-0.15, -0.1) is 0 Å². The Balaban J connectivity index is 1.66. The molecular formula is C18H29N6O5P. The summed E-state index contributed by atoms with van der Waals surface area (Å²) in [4.78, 5) is 30.7. The minimum atomic E-state index is -4.26. The van der Waals surface area contributed by atoms with E-state index >= 15 is 0 Å². The summed E-state index contributed by atoms with van der Waals surface area (Å²) in [5.41, 5.74) is 0.601. The quantitative estimate of drug-likeness (QED) is 0.159. The van der Waals surface area contributed by atoms with Crippen molar-refractivity contribution in [3.05, 3.63) is 30.6 Å². The first kappa shape index (κ1) is 24.1. The minimum absolute atomic E-state index is 0.0513. The SMILES string of the molecule is O=P(O)(O)c1ccc(Nc2ncnc(NCCCCCCNCC(O)CO)n2)cc1. The molecule has 0 bridgehead atoms. The van der Waals surface area contributed by atoms with Crippen molar-refractivity contribution in [1.29, 1.82) is 0 Å². The molecule has 1 aromatic carbocycles. The van der Waals surface area contributed by atoms with Gasteiger partial charge in [0, 0.05) is 18.8 Å². The topological polar surface area (TPSA) is 173 Å². The predicted molar refractivity (Wildman–Crippen MR) is 114 cm³/mol. The second-order valence-corrected chi connectivity index (χ2v) is 8.33. The maximum atomic E-state index is 11.2. The molecule has 0 saturated carbocycles.